The summed E-state index contributed by atoms with van der Waals surface area (Å²) in [5, 5.41) is 0. The van der Waals surface area contributed by atoms with Crippen molar-refractivity contribution in [2.75, 3.05) is 33.3 Å². The third kappa shape index (κ3) is 17.5. The maximum Gasteiger partial charge on any atom is 0.268 e. The molecule has 6 heteroatoms. The van der Waals surface area contributed by atoms with Gasteiger partial charge in [0.2, 0.25) is 0 Å². The van der Waals surface area contributed by atoms with Crippen LogP contribution >= 0.6 is 7.82 Å². The Morgan fingerprint density at radius 2 is 1.12 bits per heavy atom. The molecule has 204 valence electrons. The van der Waals surface area contributed by atoms with Gasteiger partial charge in [0.1, 0.15) is 0 Å². The second-order valence-corrected chi connectivity index (χ2v) is 12.4. The van der Waals surface area contributed by atoms with Crippen molar-refractivity contribution in [2.45, 2.75) is 148 Å². The zero-order chi connectivity index (χ0) is 25.0. The smallest absolute Gasteiger partial charge is 0.268 e. The van der Waals surface area contributed by atoms with Crippen molar-refractivity contribution < 1.29 is 23.0 Å². The van der Waals surface area contributed by atoms with Crippen LogP contribution in [-0.4, -0.2) is 43.9 Å². The van der Waals surface area contributed by atoms with E-state index < -0.39 is 7.82 Å². The molecule has 0 spiro atoms. The fourth-order valence-electron chi connectivity index (χ4n) is 5.08. The number of hydrogen-bond donors (Lipinski definition) is 0. The standard InChI is InChI=1S/C28H58NO4P/c1-4-6-8-9-10-11-12-13-14-15-16-17-18-19-20-21-27-32-34(30,31)33-28-22-25-29(3,26-23-28)24-7-5-2/h28H,4-27H2,1-3H3. The zero-order valence-corrected chi connectivity index (χ0v) is 24.0. The number of phosphoric ester groups is 1. The molecule has 1 atom stereocenters. The molecule has 1 aliphatic heterocycles. The molecule has 34 heavy (non-hydrogen) atoms. The van der Waals surface area contributed by atoms with Crippen LogP contribution in [0.4, 0.5) is 0 Å². The van der Waals surface area contributed by atoms with E-state index in [0.717, 1.165) is 43.3 Å². The molecule has 0 aromatic carbocycles. The lowest BCUT2D eigenvalue weighted by Gasteiger charge is -2.41. The van der Waals surface area contributed by atoms with Gasteiger partial charge in [-0.3, -0.25) is 4.57 Å². The number of phosphoric acid groups is 1. The van der Waals surface area contributed by atoms with Gasteiger partial charge in [-0.1, -0.05) is 117 Å². The van der Waals surface area contributed by atoms with E-state index in [2.05, 4.69) is 20.9 Å². The molecule has 0 N–H and O–H groups in total. The summed E-state index contributed by atoms with van der Waals surface area (Å²) in [5.74, 6) is 0. The largest absolute Gasteiger partial charge is 0.756 e. The molecule has 0 saturated carbocycles. The molecular weight excluding hydrogens is 445 g/mol. The number of nitrogens with zero attached hydrogens (tertiary/aromatic N) is 1. The minimum atomic E-state index is -4.17. The summed E-state index contributed by atoms with van der Waals surface area (Å²) < 4.78 is 23.7. The van der Waals surface area contributed by atoms with Crippen LogP contribution < -0.4 is 4.89 Å². The van der Waals surface area contributed by atoms with Gasteiger partial charge in [-0.15, -0.1) is 0 Å². The number of likely N-dealkylation sites (tertiary alicyclic amines) is 1. The predicted molar refractivity (Wildman–Crippen MR) is 143 cm³/mol. The van der Waals surface area contributed by atoms with Crippen molar-refractivity contribution in [3.05, 3.63) is 0 Å². The molecule has 1 saturated heterocycles. The van der Waals surface area contributed by atoms with Crippen LogP contribution in [0.1, 0.15) is 142 Å². The Morgan fingerprint density at radius 3 is 1.56 bits per heavy atom. The second kappa shape index (κ2) is 20.2. The Balaban J connectivity index is 1.89. The molecule has 0 aromatic rings. The average Bonchev–Trinajstić information content (AvgIpc) is 2.81. The van der Waals surface area contributed by atoms with E-state index >= 15 is 0 Å². The van der Waals surface area contributed by atoms with E-state index in [-0.39, 0.29) is 12.7 Å². The first kappa shape index (κ1) is 32.1. The van der Waals surface area contributed by atoms with Gasteiger partial charge in [0.15, 0.2) is 0 Å². The highest BCUT2D eigenvalue weighted by Gasteiger charge is 2.31. The molecule has 0 amide bonds. The van der Waals surface area contributed by atoms with Gasteiger partial charge in [0.25, 0.3) is 7.82 Å². The number of quaternary nitrogens is 1. The van der Waals surface area contributed by atoms with Gasteiger partial charge in [-0.2, -0.15) is 0 Å². The van der Waals surface area contributed by atoms with Gasteiger partial charge >= 0.3 is 0 Å². The van der Waals surface area contributed by atoms with Crippen LogP contribution in [0, 0.1) is 0 Å². The van der Waals surface area contributed by atoms with Crippen molar-refractivity contribution >= 4 is 7.82 Å². The van der Waals surface area contributed by atoms with Gasteiger partial charge in [0, 0.05) is 12.8 Å². The highest BCUT2D eigenvalue weighted by molar-refractivity contribution is 7.45. The quantitative estimate of drug-likeness (QED) is 0.0801. The van der Waals surface area contributed by atoms with Crippen LogP contribution in [0.3, 0.4) is 0 Å². The highest BCUT2D eigenvalue weighted by atomic mass is 31.2. The first-order valence-corrected chi connectivity index (χ1v) is 16.3. The summed E-state index contributed by atoms with van der Waals surface area (Å²) in [7, 11) is -1.90. The third-order valence-corrected chi connectivity index (χ3v) is 8.61. The highest BCUT2D eigenvalue weighted by Crippen LogP contribution is 2.42. The molecular formula is C28H58NO4P. The average molecular weight is 504 g/mol. The lowest BCUT2D eigenvalue weighted by atomic mass is 10.0. The van der Waals surface area contributed by atoms with Crippen LogP contribution in [-0.2, 0) is 13.6 Å². The fraction of sp³-hybridized carbons (Fsp3) is 1.00. The third-order valence-electron chi connectivity index (χ3n) is 7.56. The number of rotatable bonds is 23. The lowest BCUT2D eigenvalue weighted by Crippen LogP contribution is -2.51. The summed E-state index contributed by atoms with van der Waals surface area (Å²) >= 11 is 0. The summed E-state index contributed by atoms with van der Waals surface area (Å²) in [4.78, 5) is 12.2. The topological polar surface area (TPSA) is 58.6 Å². The maximum atomic E-state index is 12.2. The van der Waals surface area contributed by atoms with Crippen molar-refractivity contribution in [2.24, 2.45) is 0 Å². The van der Waals surface area contributed by atoms with Gasteiger partial charge in [-0.05, 0) is 12.8 Å². The van der Waals surface area contributed by atoms with E-state index in [4.69, 9.17) is 9.05 Å². The minimum absolute atomic E-state index is 0.207. The number of hydrogen-bond acceptors (Lipinski definition) is 4. The maximum absolute atomic E-state index is 12.2. The minimum Gasteiger partial charge on any atom is -0.756 e. The van der Waals surface area contributed by atoms with Crippen LogP contribution in [0.5, 0.6) is 0 Å². The number of piperidine rings is 1. The Morgan fingerprint density at radius 1 is 0.706 bits per heavy atom. The van der Waals surface area contributed by atoms with Crippen molar-refractivity contribution in [3.8, 4) is 0 Å². The van der Waals surface area contributed by atoms with Crippen molar-refractivity contribution in [1.82, 2.24) is 0 Å². The fourth-order valence-corrected chi connectivity index (χ4v) is 6.07. The molecule has 1 rings (SSSR count). The molecule has 1 heterocycles. The Kier molecular flexibility index (Phi) is 19.0. The summed E-state index contributed by atoms with van der Waals surface area (Å²) in [5.41, 5.74) is 0. The summed E-state index contributed by atoms with van der Waals surface area (Å²) in [6, 6.07) is 0. The van der Waals surface area contributed by atoms with E-state index in [0.29, 0.717) is 0 Å². The molecule has 5 nitrogen and oxygen atoms in total. The SMILES string of the molecule is CCCCCCCCCCCCCCCCCCOP(=O)([O-])OC1CC[N+](C)(CCCC)CC1. The van der Waals surface area contributed by atoms with E-state index in [1.54, 1.807) is 0 Å². The molecule has 0 radical (unpaired) electrons. The normalized spacial score (nSPS) is 22.6. The lowest BCUT2D eigenvalue weighted by molar-refractivity contribution is -0.915. The number of unbranched alkanes of at least 4 members (excludes halogenated alkanes) is 16. The zero-order valence-electron chi connectivity index (χ0n) is 23.1. The van der Waals surface area contributed by atoms with Crippen molar-refractivity contribution in [1.29, 1.82) is 0 Å². The molecule has 1 fully saturated rings. The predicted octanol–water partition coefficient (Wildman–Crippen LogP) is 8.16. The van der Waals surface area contributed by atoms with E-state index in [9.17, 15) is 9.46 Å². The summed E-state index contributed by atoms with van der Waals surface area (Å²) in [6.45, 7) is 7.91. The second-order valence-electron chi connectivity index (χ2n) is 11.0. The monoisotopic (exact) mass is 503 g/mol. The van der Waals surface area contributed by atoms with E-state index in [1.807, 2.05) is 0 Å². The molecule has 1 unspecified atom stereocenters. The Bertz CT molecular complexity index is 509. The van der Waals surface area contributed by atoms with E-state index in [1.165, 1.54) is 109 Å². The van der Waals surface area contributed by atoms with Gasteiger partial charge < -0.3 is 18.4 Å². The van der Waals surface area contributed by atoms with Crippen molar-refractivity contribution in [3.63, 3.8) is 0 Å². The Hall–Kier alpha value is 0.0700. The van der Waals surface area contributed by atoms with Gasteiger partial charge in [-0.25, -0.2) is 0 Å². The molecule has 1 aliphatic rings. The van der Waals surface area contributed by atoms with Crippen LogP contribution in [0.25, 0.3) is 0 Å². The van der Waals surface area contributed by atoms with Crippen LogP contribution in [0.2, 0.25) is 0 Å². The molecule has 0 aromatic heterocycles. The first-order chi connectivity index (χ1) is 16.4. The van der Waals surface area contributed by atoms with Crippen LogP contribution in [0.15, 0.2) is 0 Å². The Labute approximate surface area is 212 Å². The summed E-state index contributed by atoms with van der Waals surface area (Å²) in [6.07, 6.45) is 24.7. The first-order valence-electron chi connectivity index (χ1n) is 14.9. The van der Waals surface area contributed by atoms with Gasteiger partial charge in [0.05, 0.1) is 39.4 Å². The molecule has 0 bridgehead atoms. The molecule has 0 aliphatic carbocycles.